The van der Waals surface area contributed by atoms with E-state index in [2.05, 4.69) is 10.3 Å². The number of aryl methyl sites for hydroxylation is 2. The van der Waals surface area contributed by atoms with E-state index in [0.29, 0.717) is 18.0 Å². The monoisotopic (exact) mass is 317 g/mol. The number of rotatable bonds is 5. The second kappa shape index (κ2) is 6.18. The third-order valence-corrected chi connectivity index (χ3v) is 4.69. The number of likely N-dealkylation sites (tertiary alicyclic amines) is 1. The van der Waals surface area contributed by atoms with Crippen molar-refractivity contribution in [1.82, 2.24) is 15.2 Å². The molecule has 0 radical (unpaired) electrons. The number of H-pyrrole nitrogens is 1. The highest BCUT2D eigenvalue weighted by molar-refractivity contribution is 5.89. The highest BCUT2D eigenvalue weighted by Gasteiger charge is 2.37. The number of aromatic amines is 1. The number of nitrogens with one attached hydrogen (secondary N) is 2. The van der Waals surface area contributed by atoms with Crippen LogP contribution in [0.1, 0.15) is 36.1 Å². The third kappa shape index (κ3) is 3.63. The van der Waals surface area contributed by atoms with Gasteiger partial charge in [-0.3, -0.25) is 14.4 Å². The molecular formula is C17H23N3O3. The molecular weight excluding hydrogens is 294 g/mol. The molecule has 0 unspecified atom stereocenters. The van der Waals surface area contributed by atoms with Crippen LogP contribution in [0, 0.1) is 25.7 Å². The number of amides is 2. The van der Waals surface area contributed by atoms with E-state index in [-0.39, 0.29) is 36.3 Å². The first-order chi connectivity index (χ1) is 10.9. The summed E-state index contributed by atoms with van der Waals surface area (Å²) < 4.78 is 0. The minimum absolute atomic E-state index is 0.0708. The highest BCUT2D eigenvalue weighted by atomic mass is 16.2. The number of hydrogen-bond acceptors (Lipinski definition) is 3. The van der Waals surface area contributed by atoms with Crippen LogP contribution in [-0.4, -0.2) is 34.8 Å². The standard InChI is InChI=1S/C17H23N3O3/c1-10-5-11(2)19-17(23)14(10)7-18-16(22)13-6-15(21)20(9-13)8-12-3-4-12/h5,12-13H,3-4,6-9H2,1-2H3,(H,18,22)(H,19,23)/t13-/m0/s1. The molecule has 1 atom stereocenters. The van der Waals surface area contributed by atoms with Crippen molar-refractivity contribution in [3.8, 4) is 0 Å². The van der Waals surface area contributed by atoms with Gasteiger partial charge in [0.2, 0.25) is 11.8 Å². The van der Waals surface area contributed by atoms with Gasteiger partial charge < -0.3 is 15.2 Å². The Kier molecular flexibility index (Phi) is 4.24. The molecule has 1 aromatic heterocycles. The number of aromatic nitrogens is 1. The van der Waals surface area contributed by atoms with Gasteiger partial charge in [0, 0.05) is 37.3 Å². The Hall–Kier alpha value is -2.11. The van der Waals surface area contributed by atoms with Crippen molar-refractivity contribution < 1.29 is 9.59 Å². The van der Waals surface area contributed by atoms with Crippen LogP contribution in [0.4, 0.5) is 0 Å². The summed E-state index contributed by atoms with van der Waals surface area (Å²) in [4.78, 5) is 40.8. The van der Waals surface area contributed by atoms with Crippen molar-refractivity contribution in [2.75, 3.05) is 13.1 Å². The minimum atomic E-state index is -0.300. The maximum absolute atomic E-state index is 12.3. The summed E-state index contributed by atoms with van der Waals surface area (Å²) >= 11 is 0. The lowest BCUT2D eigenvalue weighted by Crippen LogP contribution is -2.34. The smallest absolute Gasteiger partial charge is 0.253 e. The van der Waals surface area contributed by atoms with Gasteiger partial charge in [-0.2, -0.15) is 0 Å². The zero-order valence-corrected chi connectivity index (χ0v) is 13.6. The lowest BCUT2D eigenvalue weighted by Gasteiger charge is -2.16. The molecule has 1 saturated carbocycles. The first kappa shape index (κ1) is 15.8. The lowest BCUT2D eigenvalue weighted by atomic mass is 10.1. The average Bonchev–Trinajstić information content (AvgIpc) is 3.20. The fraction of sp³-hybridized carbons (Fsp3) is 0.588. The highest BCUT2D eigenvalue weighted by Crippen LogP contribution is 2.32. The average molecular weight is 317 g/mol. The molecule has 1 saturated heterocycles. The van der Waals surface area contributed by atoms with Crippen LogP contribution in [0.2, 0.25) is 0 Å². The Balaban J connectivity index is 1.57. The summed E-state index contributed by atoms with van der Waals surface area (Å²) in [6.07, 6.45) is 2.66. The lowest BCUT2D eigenvalue weighted by molar-refractivity contribution is -0.129. The molecule has 0 spiro atoms. The van der Waals surface area contributed by atoms with Crippen LogP contribution >= 0.6 is 0 Å². The first-order valence-electron chi connectivity index (χ1n) is 8.19. The van der Waals surface area contributed by atoms with Gasteiger partial charge in [-0.15, -0.1) is 0 Å². The Morgan fingerprint density at radius 2 is 2.09 bits per heavy atom. The van der Waals surface area contributed by atoms with Gasteiger partial charge in [-0.1, -0.05) is 0 Å². The third-order valence-electron chi connectivity index (χ3n) is 4.69. The molecule has 0 aromatic carbocycles. The van der Waals surface area contributed by atoms with Crippen LogP contribution < -0.4 is 10.9 Å². The number of nitrogens with zero attached hydrogens (tertiary/aromatic N) is 1. The second-order valence-electron chi connectivity index (χ2n) is 6.80. The molecule has 6 nitrogen and oxygen atoms in total. The molecule has 2 N–H and O–H groups in total. The summed E-state index contributed by atoms with van der Waals surface area (Å²) in [7, 11) is 0. The molecule has 23 heavy (non-hydrogen) atoms. The van der Waals surface area contributed by atoms with Crippen molar-refractivity contribution in [2.45, 2.75) is 39.7 Å². The zero-order valence-electron chi connectivity index (χ0n) is 13.6. The Labute approximate surface area is 135 Å². The van der Waals surface area contributed by atoms with Gasteiger partial charge in [0.1, 0.15) is 0 Å². The quantitative estimate of drug-likeness (QED) is 0.845. The number of carbonyl (C=O) groups excluding carboxylic acids is 2. The topological polar surface area (TPSA) is 82.3 Å². The zero-order chi connectivity index (χ0) is 16.6. The van der Waals surface area contributed by atoms with E-state index in [9.17, 15) is 14.4 Å². The van der Waals surface area contributed by atoms with Gasteiger partial charge in [0.05, 0.1) is 5.92 Å². The summed E-state index contributed by atoms with van der Waals surface area (Å²) in [6.45, 7) is 5.19. The van der Waals surface area contributed by atoms with Gasteiger partial charge in [-0.25, -0.2) is 0 Å². The van der Waals surface area contributed by atoms with Crippen LogP contribution in [0.25, 0.3) is 0 Å². The largest absolute Gasteiger partial charge is 0.351 e. The van der Waals surface area contributed by atoms with E-state index >= 15 is 0 Å². The van der Waals surface area contributed by atoms with Crippen molar-refractivity contribution >= 4 is 11.8 Å². The van der Waals surface area contributed by atoms with E-state index in [0.717, 1.165) is 17.8 Å². The van der Waals surface area contributed by atoms with Gasteiger partial charge in [0.15, 0.2) is 0 Å². The van der Waals surface area contributed by atoms with E-state index < -0.39 is 0 Å². The minimum Gasteiger partial charge on any atom is -0.351 e. The molecule has 2 aliphatic rings. The van der Waals surface area contributed by atoms with E-state index in [1.165, 1.54) is 12.8 Å². The Bertz CT molecular complexity index is 691. The predicted octanol–water partition coefficient (Wildman–Crippen LogP) is 0.866. The van der Waals surface area contributed by atoms with Crippen LogP contribution in [0.15, 0.2) is 10.9 Å². The summed E-state index contributed by atoms with van der Waals surface area (Å²) in [5.74, 6) is 0.262. The first-order valence-corrected chi connectivity index (χ1v) is 8.19. The van der Waals surface area contributed by atoms with Crippen molar-refractivity contribution in [3.05, 3.63) is 33.2 Å². The summed E-state index contributed by atoms with van der Waals surface area (Å²) in [5.41, 5.74) is 2.08. The number of hydrogen-bond donors (Lipinski definition) is 2. The Morgan fingerprint density at radius 1 is 1.35 bits per heavy atom. The molecule has 1 aliphatic carbocycles. The fourth-order valence-electron chi connectivity index (χ4n) is 3.16. The molecule has 2 fully saturated rings. The molecule has 3 rings (SSSR count). The van der Waals surface area contributed by atoms with Gasteiger partial charge >= 0.3 is 0 Å². The number of carbonyl (C=O) groups is 2. The van der Waals surface area contributed by atoms with Crippen molar-refractivity contribution in [1.29, 1.82) is 0 Å². The fourth-order valence-corrected chi connectivity index (χ4v) is 3.16. The number of pyridine rings is 1. The van der Waals surface area contributed by atoms with Crippen LogP contribution in [0.5, 0.6) is 0 Å². The van der Waals surface area contributed by atoms with Crippen LogP contribution in [-0.2, 0) is 16.1 Å². The second-order valence-corrected chi connectivity index (χ2v) is 6.80. The van der Waals surface area contributed by atoms with Gasteiger partial charge in [0.25, 0.3) is 5.56 Å². The molecule has 2 heterocycles. The molecule has 0 bridgehead atoms. The Morgan fingerprint density at radius 3 is 2.74 bits per heavy atom. The normalized spacial score (nSPS) is 20.9. The molecule has 2 amide bonds. The maximum atomic E-state index is 12.3. The van der Waals surface area contributed by atoms with Gasteiger partial charge in [-0.05, 0) is 44.2 Å². The molecule has 124 valence electrons. The summed E-state index contributed by atoms with van der Waals surface area (Å²) in [5, 5.41) is 2.81. The molecule has 6 heteroatoms. The molecule has 1 aliphatic heterocycles. The molecule has 1 aromatic rings. The predicted molar refractivity (Wildman–Crippen MR) is 85.8 cm³/mol. The van der Waals surface area contributed by atoms with E-state index in [1.807, 2.05) is 24.8 Å². The maximum Gasteiger partial charge on any atom is 0.253 e. The van der Waals surface area contributed by atoms with Crippen molar-refractivity contribution in [3.63, 3.8) is 0 Å². The van der Waals surface area contributed by atoms with E-state index in [1.54, 1.807) is 0 Å². The SMILES string of the molecule is Cc1cc(C)c(CNC(=O)[C@H]2CC(=O)N(CC3CC3)C2)c(=O)[nH]1. The van der Waals surface area contributed by atoms with Crippen LogP contribution in [0.3, 0.4) is 0 Å². The van der Waals surface area contributed by atoms with Crippen molar-refractivity contribution in [2.24, 2.45) is 11.8 Å². The summed E-state index contributed by atoms with van der Waals surface area (Å²) in [6, 6.07) is 1.89. The van der Waals surface area contributed by atoms with E-state index in [4.69, 9.17) is 0 Å².